The van der Waals surface area contributed by atoms with Crippen LogP contribution < -0.4 is 20.4 Å². The van der Waals surface area contributed by atoms with E-state index in [9.17, 15) is 4.79 Å². The van der Waals surface area contributed by atoms with Crippen LogP contribution in [0, 0.1) is 10.8 Å². The largest absolute Gasteiger partial charge is 0.380 e. The molecular formula is C110H217N21O3. The lowest BCUT2D eigenvalue weighted by molar-refractivity contribution is -0.207. The number of piperazine rings is 5. The molecule has 12 saturated heterocycles. The molecule has 16 rings (SSSR count). The van der Waals surface area contributed by atoms with Crippen molar-refractivity contribution < 1.29 is 14.3 Å². The summed E-state index contributed by atoms with van der Waals surface area (Å²) < 4.78 is 10.5. The van der Waals surface area contributed by atoms with Crippen LogP contribution in [0.5, 0.6) is 0 Å². The molecule has 0 unspecified atom stereocenters. The van der Waals surface area contributed by atoms with Crippen molar-refractivity contribution in [1.82, 2.24) is 94.3 Å². The number of morpholine rings is 1. The van der Waals surface area contributed by atoms with E-state index in [0.29, 0.717) is 55.3 Å². The Morgan fingerprint density at radius 1 is 0.284 bits per heavy atom. The van der Waals surface area contributed by atoms with Crippen molar-refractivity contribution in [2.75, 3.05) is 259 Å². The Labute approximate surface area is 827 Å². The standard InChI is InChI=1S/2C12H20N4.C12H23N.C9H18N2O.C9H17NO.C9H19N.2C8H18N2.C8H17NO.C8H17N.C8H15N.C7H15N/c1-12(2,3)16-8-6-15(7-9-16)11-10-13-4-5-14-11;1-12(2,3)16-9-7-15(8-10-16)11-13-5-4-6-14-11;1-11(2,3)13-9-7-12(8-10-13)5-4-6-12;1-9(2,3)11-6-4-10(8-12)5-7-11;1-8(2,3)10-4-9(5-10)6-11-7-9;1-9(2,3)10-7-5-4-6-8-10;2*1-8(2,3)10-6-4-9-5-7-10;1-8(2,3)9-4-6-10-7-5-9;2*1-8(2,3)9-6-4-5-7-9;1-7(2,3)8-5-4-6-8/h4-5,10H,6-9H2,1-3H3;4-6H,7-10H2,1-3H3;4-10H2,1-3H3;8H,4-7H2,1-3H3;4-7H2,1-3H3;4-8H2,1-3H3;2*9H,4-7H2,1-3H3;4-7H2,1-3H3;4-7H2,1-3H3;4-5H,6-7H2,1-3H3;4-6H2,1-3H3. The zero-order valence-electron chi connectivity index (χ0n) is 94.6. The van der Waals surface area contributed by atoms with E-state index in [2.05, 4.69) is 361 Å². The lowest BCUT2D eigenvalue weighted by Crippen LogP contribution is -2.69. The van der Waals surface area contributed by atoms with Crippen LogP contribution in [-0.4, -0.2) is 405 Å². The van der Waals surface area contributed by atoms with E-state index in [1.54, 1.807) is 24.8 Å². The van der Waals surface area contributed by atoms with E-state index in [1.165, 1.54) is 162 Å². The number of aromatic nitrogens is 4. The topological polar surface area (TPSA) is 160 Å². The van der Waals surface area contributed by atoms with Crippen LogP contribution >= 0.6 is 0 Å². The van der Waals surface area contributed by atoms with Crippen molar-refractivity contribution in [2.45, 2.75) is 386 Å². The maximum absolute atomic E-state index is 10.4. The summed E-state index contributed by atoms with van der Waals surface area (Å²) in [6, 6.07) is 1.86. The monoisotopic (exact) mass is 1880 g/mol. The first-order valence-electron chi connectivity index (χ1n) is 53.4. The second kappa shape index (κ2) is 54.7. The van der Waals surface area contributed by atoms with Gasteiger partial charge in [0.05, 0.1) is 32.6 Å². The molecule has 0 bridgehead atoms. The maximum atomic E-state index is 10.4. The minimum absolute atomic E-state index is 0.245. The molecule has 2 aromatic heterocycles. The fourth-order valence-corrected chi connectivity index (χ4v) is 19.1. The average Bonchev–Trinajstić information content (AvgIpc) is 0.792. The molecule has 24 heteroatoms. The Morgan fingerprint density at radius 2 is 0.597 bits per heavy atom. The Kier molecular flexibility index (Phi) is 49.3. The quantitative estimate of drug-likeness (QED) is 0.220. The predicted octanol–water partition coefficient (Wildman–Crippen LogP) is 17.3. The second-order valence-electron chi connectivity index (χ2n) is 52.5. The average molecular weight is 1880 g/mol. The molecule has 1 saturated carbocycles. The number of nitrogens with one attached hydrogen (secondary N) is 2. The molecule has 134 heavy (non-hydrogen) atoms. The number of ether oxygens (including phenoxy) is 2. The molecule has 0 aromatic carbocycles. The van der Waals surface area contributed by atoms with Crippen molar-refractivity contribution in [3.05, 3.63) is 49.2 Å². The number of hydrogen-bond acceptors (Lipinski definition) is 23. The van der Waals surface area contributed by atoms with Crippen LogP contribution in [0.2, 0.25) is 0 Å². The van der Waals surface area contributed by atoms with Crippen molar-refractivity contribution in [3.63, 3.8) is 0 Å². The Hall–Kier alpha value is -3.67. The summed E-state index contributed by atoms with van der Waals surface area (Å²) in [7, 11) is 0. The molecular weight excluding hydrogens is 1660 g/mol. The van der Waals surface area contributed by atoms with Crippen LogP contribution in [0.25, 0.3) is 0 Å². The molecule has 0 atom stereocenters. The van der Waals surface area contributed by atoms with E-state index >= 15 is 0 Å². The zero-order valence-corrected chi connectivity index (χ0v) is 94.6. The highest BCUT2D eigenvalue weighted by Gasteiger charge is 2.52. The third-order valence-corrected chi connectivity index (χ3v) is 29.6. The number of rotatable bonds is 3. The van der Waals surface area contributed by atoms with Gasteiger partial charge in [-0.15, -0.1) is 0 Å². The third-order valence-electron chi connectivity index (χ3n) is 29.6. The summed E-state index contributed by atoms with van der Waals surface area (Å²) in [6.45, 7) is 125. The van der Waals surface area contributed by atoms with Gasteiger partial charge in [-0.1, -0.05) is 25.0 Å². The molecule has 2 N–H and O–H groups in total. The van der Waals surface area contributed by atoms with Gasteiger partial charge in [-0.05, 0) is 371 Å². The minimum atomic E-state index is 0.245. The van der Waals surface area contributed by atoms with Gasteiger partial charge < -0.3 is 34.8 Å². The van der Waals surface area contributed by atoms with Crippen molar-refractivity contribution >= 4 is 18.2 Å². The van der Waals surface area contributed by atoms with Gasteiger partial charge in [-0.25, -0.2) is 15.0 Å². The minimum Gasteiger partial charge on any atom is -0.380 e. The van der Waals surface area contributed by atoms with Gasteiger partial charge in [0.2, 0.25) is 12.4 Å². The SMILES string of the molecule is CC(C)(C)N1CC2(COC2)C1.CC(C)(C)N1CC=CC1.CC(C)(C)N1CCC1.CC(C)(C)N1CCC2(CCC2)CC1.CC(C)(C)N1CCCC1.CC(C)(C)N1CCCCC1.CC(C)(C)N1CCN(C=O)CC1.CC(C)(C)N1CCN(c2cnccn2)CC1.CC(C)(C)N1CCN(c2ncccn2)CC1.CC(C)(C)N1CCNCC1.CC(C)(C)N1CCNCC1.CC(C)(C)N1CCOCC1. The van der Waals surface area contributed by atoms with Gasteiger partial charge in [0.1, 0.15) is 5.82 Å². The number of hydrogen-bond donors (Lipinski definition) is 2. The van der Waals surface area contributed by atoms with Gasteiger partial charge >= 0.3 is 0 Å². The van der Waals surface area contributed by atoms with E-state index in [-0.39, 0.29) is 16.6 Å². The fraction of sp³-hybridized carbons (Fsp3) is 0.900. The van der Waals surface area contributed by atoms with Crippen LogP contribution in [0.3, 0.4) is 0 Å². The fourth-order valence-electron chi connectivity index (χ4n) is 19.1. The summed E-state index contributed by atoms with van der Waals surface area (Å²) in [5.74, 6) is 1.85. The molecule has 1 amide bonds. The third kappa shape index (κ3) is 45.3. The van der Waals surface area contributed by atoms with Gasteiger partial charge in [-0.2, -0.15) is 0 Å². The number of piperidine rings is 2. The van der Waals surface area contributed by atoms with Crippen molar-refractivity contribution in [2.24, 2.45) is 10.8 Å². The lowest BCUT2D eigenvalue weighted by Gasteiger charge is -2.59. The number of anilines is 2. The first kappa shape index (κ1) is 121. The van der Waals surface area contributed by atoms with Crippen molar-refractivity contribution in [1.29, 1.82) is 0 Å². The van der Waals surface area contributed by atoms with Gasteiger partial charge in [-0.3, -0.25) is 68.6 Å². The number of nitrogens with zero attached hydrogens (tertiary/aromatic N) is 19. The summed E-state index contributed by atoms with van der Waals surface area (Å²) >= 11 is 0. The molecule has 13 aliphatic heterocycles. The Morgan fingerprint density at radius 3 is 0.866 bits per heavy atom. The van der Waals surface area contributed by atoms with Crippen LogP contribution in [0.1, 0.15) is 320 Å². The highest BCUT2D eigenvalue weighted by atomic mass is 16.5. The summed E-state index contributed by atoms with van der Waals surface area (Å²) in [5.41, 5.74) is 5.57. The Bertz CT molecular complexity index is 3200. The molecule has 0 radical (unpaired) electrons. The molecule has 2 spiro atoms. The number of carbonyl (C=O) groups is 1. The maximum Gasteiger partial charge on any atom is 0.225 e. The van der Waals surface area contributed by atoms with Gasteiger partial charge in [0, 0.05) is 267 Å². The predicted molar refractivity (Wildman–Crippen MR) is 574 cm³/mol. The molecule has 2 aromatic rings. The normalized spacial score (nSPS) is 22.9. The first-order chi connectivity index (χ1) is 62.0. The van der Waals surface area contributed by atoms with Crippen LogP contribution in [0.15, 0.2) is 49.2 Å². The summed E-state index contributed by atoms with van der Waals surface area (Å²) in [4.78, 5) is 64.0. The van der Waals surface area contributed by atoms with E-state index < -0.39 is 0 Å². The summed E-state index contributed by atoms with van der Waals surface area (Å²) in [5, 5.41) is 6.69. The van der Waals surface area contributed by atoms with Crippen LogP contribution in [-0.2, 0) is 14.3 Å². The van der Waals surface area contributed by atoms with Gasteiger partial charge in [0.15, 0.2) is 0 Å². The smallest absolute Gasteiger partial charge is 0.225 e. The van der Waals surface area contributed by atoms with Gasteiger partial charge in [0.25, 0.3) is 0 Å². The van der Waals surface area contributed by atoms with E-state index in [4.69, 9.17) is 9.47 Å². The highest BCUT2D eigenvalue weighted by molar-refractivity contribution is 5.47. The molecule has 1 aliphatic carbocycles. The first-order valence-corrected chi connectivity index (χ1v) is 53.4. The number of carbonyl (C=O) groups excluding carboxylic acids is 1. The number of likely N-dealkylation sites (tertiary alicyclic amines) is 5. The Balaban J connectivity index is 0.000000260. The van der Waals surface area contributed by atoms with E-state index in [0.717, 1.165) is 181 Å². The summed E-state index contributed by atoms with van der Waals surface area (Å²) in [6.07, 6.45) is 30.2. The van der Waals surface area contributed by atoms with Crippen molar-refractivity contribution in [3.8, 4) is 0 Å². The molecule has 13 fully saturated rings. The lowest BCUT2D eigenvalue weighted by atomic mass is 9.63. The second-order valence-corrected chi connectivity index (χ2v) is 52.5. The molecule has 15 heterocycles. The molecule has 24 nitrogen and oxygen atoms in total. The molecule has 14 aliphatic rings. The zero-order chi connectivity index (χ0) is 100. The van der Waals surface area contributed by atoms with Crippen LogP contribution in [0.4, 0.5) is 11.8 Å². The van der Waals surface area contributed by atoms with E-state index in [1.807, 2.05) is 17.2 Å². The number of amides is 1. The molecule has 780 valence electrons. The highest BCUT2D eigenvalue weighted by Crippen LogP contribution is 2.50.